The van der Waals surface area contributed by atoms with Gasteiger partial charge in [0.15, 0.2) is 0 Å². The van der Waals surface area contributed by atoms with E-state index in [2.05, 4.69) is 25.7 Å². The van der Waals surface area contributed by atoms with E-state index in [1.807, 2.05) is 0 Å². The van der Waals surface area contributed by atoms with E-state index in [1.165, 1.54) is 25.7 Å². The maximum atomic E-state index is 9.59. The lowest BCUT2D eigenvalue weighted by Gasteiger charge is -2.39. The first-order valence-corrected chi connectivity index (χ1v) is 6.70. The zero-order valence-electron chi connectivity index (χ0n) is 11.0. The van der Waals surface area contributed by atoms with Crippen LogP contribution in [0.3, 0.4) is 0 Å². The van der Waals surface area contributed by atoms with Gasteiger partial charge in [-0.3, -0.25) is 4.90 Å². The van der Waals surface area contributed by atoms with Crippen LogP contribution in [0.15, 0.2) is 0 Å². The predicted molar refractivity (Wildman–Crippen MR) is 68.3 cm³/mol. The van der Waals surface area contributed by atoms with Gasteiger partial charge in [0.2, 0.25) is 0 Å². The van der Waals surface area contributed by atoms with Crippen molar-refractivity contribution in [2.75, 3.05) is 13.2 Å². The smallest absolute Gasteiger partial charge is 0.0602 e. The van der Waals surface area contributed by atoms with Gasteiger partial charge in [-0.05, 0) is 32.2 Å². The van der Waals surface area contributed by atoms with Crippen LogP contribution >= 0.6 is 0 Å². The Kier molecular flexibility index (Phi) is 5.73. The maximum Gasteiger partial charge on any atom is 0.0602 e. The summed E-state index contributed by atoms with van der Waals surface area (Å²) in [6.07, 6.45) is 5.11. The first kappa shape index (κ1) is 13.9. The fraction of sp³-hybridized carbons (Fsp3) is 1.00. The Morgan fingerprint density at radius 3 is 2.56 bits per heavy atom. The fourth-order valence-electron chi connectivity index (χ4n) is 2.68. The SMILES string of the molecule is CC(C)C(N)C(CO)N1CCCCCC1C. The molecular weight excluding hydrogens is 200 g/mol. The molecular formula is C13H28N2O. The van der Waals surface area contributed by atoms with Crippen LogP contribution in [0.2, 0.25) is 0 Å². The van der Waals surface area contributed by atoms with Crippen LogP contribution in [0.25, 0.3) is 0 Å². The Bertz CT molecular complexity index is 196. The second-order valence-electron chi connectivity index (χ2n) is 5.51. The monoisotopic (exact) mass is 228 g/mol. The van der Waals surface area contributed by atoms with E-state index in [4.69, 9.17) is 5.73 Å². The topological polar surface area (TPSA) is 49.5 Å². The Morgan fingerprint density at radius 1 is 1.31 bits per heavy atom. The van der Waals surface area contributed by atoms with Crippen LogP contribution in [0.1, 0.15) is 46.5 Å². The second kappa shape index (κ2) is 6.58. The van der Waals surface area contributed by atoms with Crippen LogP contribution in [0.5, 0.6) is 0 Å². The third kappa shape index (κ3) is 3.44. The van der Waals surface area contributed by atoms with Crippen molar-refractivity contribution >= 4 is 0 Å². The Hall–Kier alpha value is -0.120. The van der Waals surface area contributed by atoms with Gasteiger partial charge in [-0.25, -0.2) is 0 Å². The van der Waals surface area contributed by atoms with Crippen LogP contribution in [-0.4, -0.2) is 41.3 Å². The number of aliphatic hydroxyl groups is 1. The van der Waals surface area contributed by atoms with Crippen LogP contribution in [-0.2, 0) is 0 Å². The minimum atomic E-state index is 0.0746. The van der Waals surface area contributed by atoms with Crippen molar-refractivity contribution in [3.63, 3.8) is 0 Å². The molecule has 1 heterocycles. The van der Waals surface area contributed by atoms with E-state index in [1.54, 1.807) is 0 Å². The third-order valence-electron chi connectivity index (χ3n) is 3.93. The van der Waals surface area contributed by atoms with Crippen molar-refractivity contribution in [1.29, 1.82) is 0 Å². The molecule has 3 nitrogen and oxygen atoms in total. The normalized spacial score (nSPS) is 27.8. The highest BCUT2D eigenvalue weighted by atomic mass is 16.3. The largest absolute Gasteiger partial charge is 0.395 e. The van der Waals surface area contributed by atoms with Gasteiger partial charge in [-0.15, -0.1) is 0 Å². The Balaban J connectivity index is 2.68. The van der Waals surface area contributed by atoms with Gasteiger partial charge in [-0.2, -0.15) is 0 Å². The number of hydrogen-bond acceptors (Lipinski definition) is 3. The highest BCUT2D eigenvalue weighted by molar-refractivity contribution is 4.87. The number of nitrogens with zero attached hydrogens (tertiary/aromatic N) is 1. The Labute approximate surface area is 100 Å². The third-order valence-corrected chi connectivity index (χ3v) is 3.93. The van der Waals surface area contributed by atoms with Gasteiger partial charge in [0.1, 0.15) is 0 Å². The van der Waals surface area contributed by atoms with Gasteiger partial charge >= 0.3 is 0 Å². The zero-order chi connectivity index (χ0) is 12.1. The molecule has 0 radical (unpaired) electrons. The molecule has 3 N–H and O–H groups in total. The van der Waals surface area contributed by atoms with Crippen LogP contribution < -0.4 is 5.73 Å². The van der Waals surface area contributed by atoms with Crippen molar-refractivity contribution in [1.82, 2.24) is 4.90 Å². The highest BCUT2D eigenvalue weighted by Gasteiger charge is 2.30. The summed E-state index contributed by atoms with van der Waals surface area (Å²) < 4.78 is 0. The molecule has 3 unspecified atom stereocenters. The summed E-state index contributed by atoms with van der Waals surface area (Å²) in [5, 5.41) is 9.59. The van der Waals surface area contributed by atoms with Crippen molar-refractivity contribution < 1.29 is 5.11 Å². The highest BCUT2D eigenvalue weighted by Crippen LogP contribution is 2.21. The van der Waals surface area contributed by atoms with Crippen LogP contribution in [0, 0.1) is 5.92 Å². The van der Waals surface area contributed by atoms with E-state index >= 15 is 0 Å². The summed E-state index contributed by atoms with van der Waals surface area (Å²) in [4.78, 5) is 2.43. The molecule has 0 aliphatic carbocycles. The lowest BCUT2D eigenvalue weighted by Crippen LogP contribution is -2.55. The van der Waals surface area contributed by atoms with E-state index in [-0.39, 0.29) is 18.7 Å². The summed E-state index contributed by atoms with van der Waals surface area (Å²) >= 11 is 0. The number of aliphatic hydroxyl groups excluding tert-OH is 1. The first-order chi connectivity index (χ1) is 7.57. The molecule has 0 spiro atoms. The van der Waals surface area contributed by atoms with E-state index in [0.29, 0.717) is 12.0 Å². The quantitative estimate of drug-likeness (QED) is 0.768. The van der Waals surface area contributed by atoms with Crippen molar-refractivity contribution in [3.05, 3.63) is 0 Å². The minimum absolute atomic E-state index is 0.0746. The second-order valence-corrected chi connectivity index (χ2v) is 5.51. The molecule has 1 aliphatic heterocycles. The molecule has 0 amide bonds. The van der Waals surface area contributed by atoms with Crippen molar-refractivity contribution in [2.45, 2.75) is 64.6 Å². The van der Waals surface area contributed by atoms with E-state index < -0.39 is 0 Å². The lowest BCUT2D eigenvalue weighted by atomic mass is 9.95. The molecule has 96 valence electrons. The van der Waals surface area contributed by atoms with Gasteiger partial charge in [0.25, 0.3) is 0 Å². The number of rotatable bonds is 4. The number of nitrogens with two attached hydrogens (primary N) is 1. The summed E-state index contributed by atoms with van der Waals surface area (Å²) in [5.41, 5.74) is 6.21. The van der Waals surface area contributed by atoms with Gasteiger partial charge < -0.3 is 10.8 Å². The molecule has 0 aromatic rings. The van der Waals surface area contributed by atoms with E-state index in [0.717, 1.165) is 6.54 Å². The molecule has 0 aromatic carbocycles. The molecule has 1 rings (SSSR count). The van der Waals surface area contributed by atoms with Crippen molar-refractivity contribution in [2.24, 2.45) is 11.7 Å². The molecule has 0 saturated carbocycles. The van der Waals surface area contributed by atoms with Gasteiger partial charge in [0.05, 0.1) is 6.61 Å². The van der Waals surface area contributed by atoms with Gasteiger partial charge in [0, 0.05) is 18.1 Å². The minimum Gasteiger partial charge on any atom is -0.395 e. The summed E-state index contributed by atoms with van der Waals surface area (Å²) in [7, 11) is 0. The van der Waals surface area contributed by atoms with Gasteiger partial charge in [-0.1, -0.05) is 26.7 Å². The number of hydrogen-bond donors (Lipinski definition) is 2. The molecule has 1 aliphatic rings. The zero-order valence-corrected chi connectivity index (χ0v) is 11.0. The summed E-state index contributed by atoms with van der Waals surface area (Å²) in [5.74, 6) is 0.424. The molecule has 0 aromatic heterocycles. The number of likely N-dealkylation sites (tertiary alicyclic amines) is 1. The maximum absolute atomic E-state index is 9.59. The summed E-state index contributed by atoms with van der Waals surface area (Å²) in [6.45, 7) is 7.81. The Morgan fingerprint density at radius 2 is 2.00 bits per heavy atom. The standard InChI is InChI=1S/C13H28N2O/c1-10(2)13(14)12(9-16)15-8-6-4-5-7-11(15)3/h10-13,16H,4-9,14H2,1-3H3. The molecule has 1 fully saturated rings. The van der Waals surface area contributed by atoms with Crippen LogP contribution in [0.4, 0.5) is 0 Å². The average Bonchev–Trinajstić information content (AvgIpc) is 2.45. The fourth-order valence-corrected chi connectivity index (χ4v) is 2.68. The van der Waals surface area contributed by atoms with Crippen molar-refractivity contribution in [3.8, 4) is 0 Å². The molecule has 16 heavy (non-hydrogen) atoms. The van der Waals surface area contributed by atoms with E-state index in [9.17, 15) is 5.11 Å². The lowest BCUT2D eigenvalue weighted by molar-refractivity contribution is 0.0643. The molecule has 0 bridgehead atoms. The molecule has 3 atom stereocenters. The first-order valence-electron chi connectivity index (χ1n) is 6.70. The predicted octanol–water partition coefficient (Wildman–Crippen LogP) is 1.60. The average molecular weight is 228 g/mol. The molecule has 1 saturated heterocycles. The summed E-state index contributed by atoms with van der Waals surface area (Å²) in [6, 6.07) is 0.767. The molecule has 3 heteroatoms.